The number of hydrogen-bond donors (Lipinski definition) is 2. The highest BCUT2D eigenvalue weighted by Crippen LogP contribution is 2.31. The fourth-order valence-corrected chi connectivity index (χ4v) is 2.45. The molecule has 0 aromatic carbocycles. The van der Waals surface area contributed by atoms with Gasteiger partial charge in [-0.05, 0) is 25.2 Å². The molecule has 2 N–H and O–H groups in total. The molecule has 1 aromatic heterocycles. The smallest absolute Gasteiger partial charge is 0.157 e. The Morgan fingerprint density at radius 3 is 2.81 bits per heavy atom. The van der Waals surface area contributed by atoms with E-state index in [4.69, 9.17) is 11.6 Å². The van der Waals surface area contributed by atoms with Crippen molar-refractivity contribution in [2.24, 2.45) is 5.92 Å². The predicted octanol–water partition coefficient (Wildman–Crippen LogP) is 2.77. The standard InChI is InChI=1S/C11H17ClN4/c1-7-3-4-8(5-7)16-11-9(13-2)10(12)14-6-15-11/h6-8,13H,3-5H2,1-2H3,(H,14,15,16). The highest BCUT2D eigenvalue weighted by atomic mass is 35.5. The van der Waals surface area contributed by atoms with Gasteiger partial charge in [-0.15, -0.1) is 0 Å². The summed E-state index contributed by atoms with van der Waals surface area (Å²) in [6.07, 6.45) is 5.17. The summed E-state index contributed by atoms with van der Waals surface area (Å²) < 4.78 is 0. The normalized spacial score (nSPS) is 24.4. The molecule has 1 saturated carbocycles. The molecule has 2 atom stereocenters. The molecular weight excluding hydrogens is 224 g/mol. The molecule has 2 unspecified atom stereocenters. The van der Waals surface area contributed by atoms with Gasteiger partial charge in [-0.1, -0.05) is 18.5 Å². The maximum absolute atomic E-state index is 5.99. The third-order valence-corrected chi connectivity index (χ3v) is 3.37. The van der Waals surface area contributed by atoms with Crippen molar-refractivity contribution in [3.05, 3.63) is 11.5 Å². The second kappa shape index (κ2) is 4.87. The topological polar surface area (TPSA) is 49.8 Å². The van der Waals surface area contributed by atoms with E-state index in [0.29, 0.717) is 11.2 Å². The summed E-state index contributed by atoms with van der Waals surface area (Å²) in [5.74, 6) is 1.61. The number of hydrogen-bond acceptors (Lipinski definition) is 4. The van der Waals surface area contributed by atoms with Crippen LogP contribution in [-0.2, 0) is 0 Å². The first-order chi connectivity index (χ1) is 7.70. The van der Waals surface area contributed by atoms with Gasteiger partial charge in [0.05, 0.1) is 0 Å². The minimum atomic E-state index is 0.464. The van der Waals surface area contributed by atoms with E-state index < -0.39 is 0 Å². The quantitative estimate of drug-likeness (QED) is 0.798. The maximum atomic E-state index is 5.99. The third kappa shape index (κ3) is 2.38. The van der Waals surface area contributed by atoms with Gasteiger partial charge < -0.3 is 10.6 Å². The van der Waals surface area contributed by atoms with E-state index in [9.17, 15) is 0 Å². The molecule has 0 aliphatic heterocycles. The predicted molar refractivity (Wildman–Crippen MR) is 67.0 cm³/mol. The molecule has 1 fully saturated rings. The van der Waals surface area contributed by atoms with Crippen molar-refractivity contribution in [1.82, 2.24) is 9.97 Å². The molecule has 1 heterocycles. The highest BCUT2D eigenvalue weighted by Gasteiger charge is 2.22. The van der Waals surface area contributed by atoms with Gasteiger partial charge in [0, 0.05) is 13.1 Å². The fraction of sp³-hybridized carbons (Fsp3) is 0.636. The van der Waals surface area contributed by atoms with E-state index in [-0.39, 0.29) is 0 Å². The Bertz CT molecular complexity index is 369. The lowest BCUT2D eigenvalue weighted by Gasteiger charge is -2.16. The van der Waals surface area contributed by atoms with Crippen LogP contribution in [0.1, 0.15) is 26.2 Å². The zero-order chi connectivity index (χ0) is 11.5. The Morgan fingerprint density at radius 1 is 1.38 bits per heavy atom. The van der Waals surface area contributed by atoms with Gasteiger partial charge in [0.1, 0.15) is 12.0 Å². The van der Waals surface area contributed by atoms with Crippen LogP contribution in [0.4, 0.5) is 11.5 Å². The third-order valence-electron chi connectivity index (χ3n) is 3.09. The number of halogens is 1. The first kappa shape index (κ1) is 11.5. The van der Waals surface area contributed by atoms with Gasteiger partial charge in [0.25, 0.3) is 0 Å². The first-order valence-corrected chi connectivity index (χ1v) is 6.03. The minimum absolute atomic E-state index is 0.464. The summed E-state index contributed by atoms with van der Waals surface area (Å²) in [7, 11) is 1.83. The zero-order valence-corrected chi connectivity index (χ0v) is 10.4. The highest BCUT2D eigenvalue weighted by molar-refractivity contribution is 6.32. The van der Waals surface area contributed by atoms with Crippen molar-refractivity contribution in [2.75, 3.05) is 17.7 Å². The number of rotatable bonds is 3. The lowest BCUT2D eigenvalue weighted by Crippen LogP contribution is -2.17. The van der Waals surface area contributed by atoms with Gasteiger partial charge >= 0.3 is 0 Å². The summed E-state index contributed by atoms with van der Waals surface area (Å²) in [5, 5.41) is 6.93. The van der Waals surface area contributed by atoms with E-state index in [1.807, 2.05) is 7.05 Å². The molecule has 88 valence electrons. The van der Waals surface area contributed by atoms with Crippen LogP contribution in [0.25, 0.3) is 0 Å². The van der Waals surface area contributed by atoms with E-state index in [1.165, 1.54) is 25.6 Å². The number of anilines is 2. The molecule has 1 aromatic rings. The van der Waals surface area contributed by atoms with Crippen LogP contribution in [0.2, 0.25) is 5.15 Å². The van der Waals surface area contributed by atoms with Gasteiger partial charge in [-0.2, -0.15) is 0 Å². The molecular formula is C11H17ClN4. The largest absolute Gasteiger partial charge is 0.383 e. The zero-order valence-electron chi connectivity index (χ0n) is 9.63. The summed E-state index contributed by atoms with van der Waals surface area (Å²) >= 11 is 5.99. The van der Waals surface area contributed by atoms with Crippen molar-refractivity contribution in [3.63, 3.8) is 0 Å². The van der Waals surface area contributed by atoms with Crippen LogP contribution in [0.5, 0.6) is 0 Å². The van der Waals surface area contributed by atoms with Crippen molar-refractivity contribution in [1.29, 1.82) is 0 Å². The summed E-state index contributed by atoms with van der Waals surface area (Å²) in [6.45, 7) is 2.29. The van der Waals surface area contributed by atoms with Crippen LogP contribution in [0, 0.1) is 5.92 Å². The Kier molecular flexibility index (Phi) is 3.49. The van der Waals surface area contributed by atoms with Crippen LogP contribution in [-0.4, -0.2) is 23.1 Å². The molecule has 16 heavy (non-hydrogen) atoms. The van der Waals surface area contributed by atoms with E-state index in [2.05, 4.69) is 27.5 Å². The number of aromatic nitrogens is 2. The summed E-state index contributed by atoms with van der Waals surface area (Å²) in [4.78, 5) is 8.18. The van der Waals surface area contributed by atoms with Crippen molar-refractivity contribution < 1.29 is 0 Å². The Hall–Kier alpha value is -1.03. The summed E-state index contributed by atoms with van der Waals surface area (Å²) in [5.41, 5.74) is 0.781. The van der Waals surface area contributed by atoms with Crippen LogP contribution in [0.15, 0.2) is 6.33 Å². The molecule has 1 aliphatic carbocycles. The molecule has 0 amide bonds. The molecule has 4 nitrogen and oxygen atoms in total. The number of nitrogens with zero attached hydrogens (tertiary/aromatic N) is 2. The second-order valence-corrected chi connectivity index (χ2v) is 4.76. The Morgan fingerprint density at radius 2 is 2.19 bits per heavy atom. The van der Waals surface area contributed by atoms with Crippen molar-refractivity contribution in [3.8, 4) is 0 Å². The molecule has 2 rings (SSSR count). The average Bonchev–Trinajstić information content (AvgIpc) is 2.64. The van der Waals surface area contributed by atoms with Gasteiger partial charge in [-0.3, -0.25) is 0 Å². The monoisotopic (exact) mass is 240 g/mol. The summed E-state index contributed by atoms with van der Waals surface area (Å²) in [6, 6.07) is 0.507. The van der Waals surface area contributed by atoms with Crippen LogP contribution >= 0.6 is 11.6 Å². The Balaban J connectivity index is 2.12. The molecule has 0 saturated heterocycles. The van der Waals surface area contributed by atoms with Gasteiger partial charge in [-0.25, -0.2) is 9.97 Å². The molecule has 0 bridgehead atoms. The molecule has 1 aliphatic rings. The van der Waals surface area contributed by atoms with Crippen molar-refractivity contribution >= 4 is 23.1 Å². The molecule has 0 radical (unpaired) electrons. The lowest BCUT2D eigenvalue weighted by molar-refractivity contribution is 0.602. The lowest BCUT2D eigenvalue weighted by atomic mass is 10.1. The van der Waals surface area contributed by atoms with Gasteiger partial charge in [0.2, 0.25) is 0 Å². The average molecular weight is 241 g/mol. The van der Waals surface area contributed by atoms with E-state index >= 15 is 0 Å². The second-order valence-electron chi connectivity index (χ2n) is 4.40. The minimum Gasteiger partial charge on any atom is -0.383 e. The van der Waals surface area contributed by atoms with Crippen LogP contribution < -0.4 is 10.6 Å². The van der Waals surface area contributed by atoms with E-state index in [1.54, 1.807) is 0 Å². The SMILES string of the molecule is CNc1c(Cl)ncnc1NC1CCC(C)C1. The van der Waals surface area contributed by atoms with Crippen LogP contribution in [0.3, 0.4) is 0 Å². The fourth-order valence-electron chi connectivity index (χ4n) is 2.23. The molecule has 5 heteroatoms. The van der Waals surface area contributed by atoms with E-state index in [0.717, 1.165) is 17.4 Å². The molecule has 0 spiro atoms. The van der Waals surface area contributed by atoms with Gasteiger partial charge in [0.15, 0.2) is 11.0 Å². The number of nitrogens with one attached hydrogen (secondary N) is 2. The maximum Gasteiger partial charge on any atom is 0.157 e. The Labute approximate surface area is 101 Å². The first-order valence-electron chi connectivity index (χ1n) is 5.65. The van der Waals surface area contributed by atoms with Crippen molar-refractivity contribution in [2.45, 2.75) is 32.2 Å².